The molecular weight excluding hydrogens is 200 g/mol. The summed E-state index contributed by atoms with van der Waals surface area (Å²) in [5, 5.41) is 0. The number of rotatable bonds is 3. The Bertz CT molecular complexity index is 346. The summed E-state index contributed by atoms with van der Waals surface area (Å²) in [6.07, 6.45) is 1.03. The van der Waals surface area contributed by atoms with Crippen molar-refractivity contribution < 1.29 is 4.74 Å². The molecule has 0 spiro atoms. The fraction of sp³-hybridized carbons (Fsp3) is 0.538. The largest absolute Gasteiger partial charge is 0.398 e. The van der Waals surface area contributed by atoms with Gasteiger partial charge in [0.15, 0.2) is 0 Å². The summed E-state index contributed by atoms with van der Waals surface area (Å²) in [5.74, 6) is 0. The fourth-order valence-electron chi connectivity index (χ4n) is 2.05. The predicted molar refractivity (Wildman–Crippen MR) is 66.6 cm³/mol. The Hall–Kier alpha value is -1.06. The summed E-state index contributed by atoms with van der Waals surface area (Å²) in [4.78, 5) is 2.43. The monoisotopic (exact) mass is 220 g/mol. The molecule has 1 fully saturated rings. The van der Waals surface area contributed by atoms with Gasteiger partial charge in [-0.05, 0) is 30.5 Å². The topological polar surface area (TPSA) is 38.5 Å². The van der Waals surface area contributed by atoms with Crippen molar-refractivity contribution in [2.24, 2.45) is 0 Å². The minimum Gasteiger partial charge on any atom is -0.398 e. The molecular formula is C13H20N2O. The minimum atomic E-state index is 0.864. The second-order valence-electron chi connectivity index (χ2n) is 4.41. The van der Waals surface area contributed by atoms with Crippen LogP contribution in [0.4, 0.5) is 5.69 Å². The number of morpholine rings is 1. The van der Waals surface area contributed by atoms with Crippen LogP contribution in [0.1, 0.15) is 11.1 Å². The van der Waals surface area contributed by atoms with E-state index in [1.165, 1.54) is 11.1 Å². The summed E-state index contributed by atoms with van der Waals surface area (Å²) in [5.41, 5.74) is 9.41. The number of nitrogens with zero attached hydrogens (tertiary/aromatic N) is 1. The Morgan fingerprint density at radius 3 is 2.75 bits per heavy atom. The average molecular weight is 220 g/mol. The molecule has 1 aromatic carbocycles. The fourth-order valence-corrected chi connectivity index (χ4v) is 2.05. The highest BCUT2D eigenvalue weighted by Crippen LogP contribution is 2.15. The van der Waals surface area contributed by atoms with Crippen LogP contribution in [0.2, 0.25) is 0 Å². The lowest BCUT2D eigenvalue weighted by Crippen LogP contribution is -2.37. The van der Waals surface area contributed by atoms with Crippen LogP contribution in [-0.2, 0) is 11.2 Å². The Morgan fingerprint density at radius 1 is 1.31 bits per heavy atom. The molecule has 1 aliphatic rings. The van der Waals surface area contributed by atoms with Crippen LogP contribution < -0.4 is 5.73 Å². The van der Waals surface area contributed by atoms with Crippen molar-refractivity contribution in [2.45, 2.75) is 13.3 Å². The average Bonchev–Trinajstić information content (AvgIpc) is 2.29. The van der Waals surface area contributed by atoms with Gasteiger partial charge in [0, 0.05) is 25.3 Å². The maximum absolute atomic E-state index is 5.99. The van der Waals surface area contributed by atoms with Crippen molar-refractivity contribution in [1.29, 1.82) is 0 Å². The molecule has 1 aliphatic heterocycles. The molecule has 0 aliphatic carbocycles. The van der Waals surface area contributed by atoms with Gasteiger partial charge in [0.1, 0.15) is 0 Å². The van der Waals surface area contributed by atoms with Crippen LogP contribution in [-0.4, -0.2) is 37.7 Å². The lowest BCUT2D eigenvalue weighted by Gasteiger charge is -2.26. The van der Waals surface area contributed by atoms with Crippen LogP contribution in [0.15, 0.2) is 18.2 Å². The SMILES string of the molecule is Cc1ccc(CCN2CCOCC2)c(N)c1. The van der Waals surface area contributed by atoms with Gasteiger partial charge in [0.2, 0.25) is 0 Å². The van der Waals surface area contributed by atoms with Crippen LogP contribution in [0, 0.1) is 6.92 Å². The van der Waals surface area contributed by atoms with Crippen molar-refractivity contribution >= 4 is 5.69 Å². The Labute approximate surface area is 97.2 Å². The van der Waals surface area contributed by atoms with E-state index in [0.717, 1.165) is 45.0 Å². The summed E-state index contributed by atoms with van der Waals surface area (Å²) >= 11 is 0. The third-order valence-corrected chi connectivity index (χ3v) is 3.10. The molecule has 0 saturated carbocycles. The van der Waals surface area contributed by atoms with Gasteiger partial charge in [-0.2, -0.15) is 0 Å². The molecule has 2 rings (SSSR count). The molecule has 0 radical (unpaired) electrons. The van der Waals surface area contributed by atoms with Gasteiger partial charge in [-0.15, -0.1) is 0 Å². The van der Waals surface area contributed by atoms with Crippen LogP contribution in [0.5, 0.6) is 0 Å². The van der Waals surface area contributed by atoms with Crippen molar-refractivity contribution in [3.63, 3.8) is 0 Å². The van der Waals surface area contributed by atoms with Gasteiger partial charge in [-0.1, -0.05) is 12.1 Å². The Morgan fingerprint density at radius 2 is 2.06 bits per heavy atom. The van der Waals surface area contributed by atoms with Gasteiger partial charge in [0.05, 0.1) is 13.2 Å². The highest BCUT2D eigenvalue weighted by molar-refractivity contribution is 5.49. The molecule has 1 aromatic rings. The first-order valence-corrected chi connectivity index (χ1v) is 5.91. The van der Waals surface area contributed by atoms with Crippen molar-refractivity contribution in [2.75, 3.05) is 38.6 Å². The molecule has 0 amide bonds. The van der Waals surface area contributed by atoms with E-state index >= 15 is 0 Å². The van der Waals surface area contributed by atoms with E-state index in [-0.39, 0.29) is 0 Å². The number of nitrogens with two attached hydrogens (primary N) is 1. The first kappa shape index (κ1) is 11.4. The molecule has 0 aromatic heterocycles. The number of hydrogen-bond donors (Lipinski definition) is 1. The highest BCUT2D eigenvalue weighted by Gasteiger charge is 2.10. The first-order chi connectivity index (χ1) is 7.75. The lowest BCUT2D eigenvalue weighted by molar-refractivity contribution is 0.0384. The summed E-state index contributed by atoms with van der Waals surface area (Å²) in [6.45, 7) is 6.98. The van der Waals surface area contributed by atoms with E-state index in [0.29, 0.717) is 0 Å². The zero-order valence-electron chi connectivity index (χ0n) is 9.91. The number of benzene rings is 1. The molecule has 1 saturated heterocycles. The third kappa shape index (κ3) is 2.97. The standard InChI is InChI=1S/C13H20N2O/c1-11-2-3-12(13(14)10-11)4-5-15-6-8-16-9-7-15/h2-3,10H,4-9,14H2,1H3. The third-order valence-electron chi connectivity index (χ3n) is 3.10. The van der Waals surface area contributed by atoms with E-state index in [9.17, 15) is 0 Å². The second kappa shape index (κ2) is 5.32. The van der Waals surface area contributed by atoms with E-state index in [4.69, 9.17) is 10.5 Å². The summed E-state index contributed by atoms with van der Waals surface area (Å²) in [7, 11) is 0. The molecule has 1 heterocycles. The normalized spacial score (nSPS) is 17.6. The van der Waals surface area contributed by atoms with Crippen LogP contribution in [0.3, 0.4) is 0 Å². The molecule has 0 bridgehead atoms. The minimum absolute atomic E-state index is 0.864. The van der Waals surface area contributed by atoms with E-state index in [1.54, 1.807) is 0 Å². The van der Waals surface area contributed by atoms with Crippen molar-refractivity contribution in [3.8, 4) is 0 Å². The number of aryl methyl sites for hydroxylation is 1. The Balaban J connectivity index is 1.88. The van der Waals surface area contributed by atoms with E-state index in [2.05, 4.69) is 30.0 Å². The number of anilines is 1. The Kier molecular flexibility index (Phi) is 3.80. The van der Waals surface area contributed by atoms with Gasteiger partial charge >= 0.3 is 0 Å². The van der Waals surface area contributed by atoms with Crippen molar-refractivity contribution in [3.05, 3.63) is 29.3 Å². The summed E-state index contributed by atoms with van der Waals surface area (Å²) in [6, 6.07) is 6.32. The van der Waals surface area contributed by atoms with E-state index < -0.39 is 0 Å². The molecule has 0 unspecified atom stereocenters. The lowest BCUT2D eigenvalue weighted by atomic mass is 10.1. The van der Waals surface area contributed by atoms with Gasteiger partial charge in [0.25, 0.3) is 0 Å². The highest BCUT2D eigenvalue weighted by atomic mass is 16.5. The molecule has 3 nitrogen and oxygen atoms in total. The van der Waals surface area contributed by atoms with Gasteiger partial charge in [-0.3, -0.25) is 4.90 Å². The van der Waals surface area contributed by atoms with Crippen LogP contribution in [0.25, 0.3) is 0 Å². The molecule has 2 N–H and O–H groups in total. The van der Waals surface area contributed by atoms with Gasteiger partial charge in [-0.25, -0.2) is 0 Å². The second-order valence-corrected chi connectivity index (χ2v) is 4.41. The maximum atomic E-state index is 5.99. The summed E-state index contributed by atoms with van der Waals surface area (Å²) < 4.78 is 5.32. The molecule has 16 heavy (non-hydrogen) atoms. The zero-order valence-corrected chi connectivity index (χ0v) is 9.91. The van der Waals surface area contributed by atoms with Crippen molar-refractivity contribution in [1.82, 2.24) is 4.90 Å². The first-order valence-electron chi connectivity index (χ1n) is 5.91. The molecule has 88 valence electrons. The number of ether oxygens (including phenoxy) is 1. The smallest absolute Gasteiger partial charge is 0.0594 e. The predicted octanol–water partition coefficient (Wildman–Crippen LogP) is 1.45. The molecule has 0 atom stereocenters. The number of nitrogen functional groups attached to an aromatic ring is 1. The van der Waals surface area contributed by atoms with E-state index in [1.807, 2.05) is 0 Å². The van der Waals surface area contributed by atoms with Crippen LogP contribution >= 0.6 is 0 Å². The van der Waals surface area contributed by atoms with Gasteiger partial charge < -0.3 is 10.5 Å². The zero-order chi connectivity index (χ0) is 11.4. The molecule has 3 heteroatoms. The maximum Gasteiger partial charge on any atom is 0.0594 e. The number of hydrogen-bond acceptors (Lipinski definition) is 3. The quantitative estimate of drug-likeness (QED) is 0.784.